The molecule has 0 heterocycles. The van der Waals surface area contributed by atoms with Gasteiger partial charge in [0.2, 0.25) is 0 Å². The summed E-state index contributed by atoms with van der Waals surface area (Å²) in [5.41, 5.74) is 4.27. The highest BCUT2D eigenvalue weighted by Gasteiger charge is 2.04. The lowest BCUT2D eigenvalue weighted by Crippen LogP contribution is -2.19. The van der Waals surface area contributed by atoms with Gasteiger partial charge in [0.15, 0.2) is 0 Å². The lowest BCUT2D eigenvalue weighted by molar-refractivity contribution is 0.717. The van der Waals surface area contributed by atoms with E-state index in [9.17, 15) is 0 Å². The summed E-state index contributed by atoms with van der Waals surface area (Å²) in [6.07, 6.45) is 4.78. The van der Waals surface area contributed by atoms with Gasteiger partial charge in [-0.15, -0.1) is 0 Å². The molecule has 0 saturated carbocycles. The first-order valence-corrected chi connectivity index (χ1v) is 7.64. The molecule has 2 aromatic rings. The minimum Gasteiger partial charge on any atom is -0.374 e. The van der Waals surface area contributed by atoms with Gasteiger partial charge in [0.1, 0.15) is 0 Å². The lowest BCUT2D eigenvalue weighted by Gasteiger charge is -2.22. The van der Waals surface area contributed by atoms with Crippen molar-refractivity contribution in [2.45, 2.75) is 32.6 Å². The number of hydrogen-bond donors (Lipinski definition) is 0. The van der Waals surface area contributed by atoms with Gasteiger partial charge in [-0.1, -0.05) is 55.5 Å². The maximum Gasteiger partial charge on any atom is 0.0396 e. The Morgan fingerprint density at radius 2 is 1.55 bits per heavy atom. The van der Waals surface area contributed by atoms with Crippen LogP contribution in [0.2, 0.25) is 0 Å². The number of hydrogen-bond acceptors (Lipinski definition) is 1. The topological polar surface area (TPSA) is 3.24 Å². The molecular formula is C19H25N. The van der Waals surface area contributed by atoms with Gasteiger partial charge in [0.25, 0.3) is 0 Å². The monoisotopic (exact) mass is 267 g/mol. The predicted octanol–water partition coefficient (Wildman–Crippen LogP) is 4.71. The number of unbranched alkanes of at least 4 members (excludes halogenated alkanes) is 1. The largest absolute Gasteiger partial charge is 0.374 e. The van der Waals surface area contributed by atoms with Gasteiger partial charge >= 0.3 is 0 Å². The third kappa shape index (κ3) is 4.12. The molecule has 0 aliphatic heterocycles. The Morgan fingerprint density at radius 1 is 0.850 bits per heavy atom. The van der Waals surface area contributed by atoms with Gasteiger partial charge in [0.05, 0.1) is 0 Å². The summed E-state index contributed by atoms with van der Waals surface area (Å²) in [6.45, 7) is 3.35. The molecule has 1 heteroatoms. The highest BCUT2D eigenvalue weighted by molar-refractivity contribution is 5.52. The van der Waals surface area contributed by atoms with Crippen LogP contribution in [0.4, 0.5) is 5.69 Å². The van der Waals surface area contributed by atoms with Crippen molar-refractivity contribution in [3.63, 3.8) is 0 Å². The second-order valence-electron chi connectivity index (χ2n) is 5.35. The van der Waals surface area contributed by atoms with Crippen molar-refractivity contribution in [1.29, 1.82) is 0 Å². The van der Waals surface area contributed by atoms with E-state index in [0.717, 1.165) is 13.0 Å². The Hall–Kier alpha value is -1.76. The predicted molar refractivity (Wildman–Crippen MR) is 88.5 cm³/mol. The minimum atomic E-state index is 1.10. The summed E-state index contributed by atoms with van der Waals surface area (Å²) in [7, 11) is 2.21. The van der Waals surface area contributed by atoms with Crippen LogP contribution in [0.1, 0.15) is 30.9 Å². The molecule has 0 bridgehead atoms. The first-order valence-electron chi connectivity index (χ1n) is 7.64. The van der Waals surface area contributed by atoms with Crippen molar-refractivity contribution in [3.8, 4) is 0 Å². The molecule has 0 N–H and O–H groups in total. The van der Waals surface area contributed by atoms with Gasteiger partial charge in [-0.25, -0.2) is 0 Å². The zero-order valence-corrected chi connectivity index (χ0v) is 12.7. The van der Waals surface area contributed by atoms with Crippen LogP contribution in [0, 0.1) is 0 Å². The van der Waals surface area contributed by atoms with Gasteiger partial charge in [-0.2, -0.15) is 0 Å². The average Bonchev–Trinajstić information content (AvgIpc) is 2.52. The summed E-state index contributed by atoms with van der Waals surface area (Å²) >= 11 is 0. The molecule has 2 aromatic carbocycles. The first-order chi connectivity index (χ1) is 9.81. The Labute approximate surface area is 123 Å². The summed E-state index contributed by atoms with van der Waals surface area (Å²) in [6, 6.07) is 19.5. The molecule has 0 radical (unpaired) electrons. The highest BCUT2D eigenvalue weighted by Crippen LogP contribution is 2.20. The average molecular weight is 267 g/mol. The molecule has 0 aliphatic carbocycles. The molecule has 0 fully saturated rings. The molecule has 20 heavy (non-hydrogen) atoms. The van der Waals surface area contributed by atoms with Crippen LogP contribution >= 0.6 is 0 Å². The molecule has 0 atom stereocenters. The van der Waals surface area contributed by atoms with Crippen molar-refractivity contribution in [2.24, 2.45) is 0 Å². The molecule has 0 spiro atoms. The van der Waals surface area contributed by atoms with Crippen LogP contribution in [0.15, 0.2) is 54.6 Å². The van der Waals surface area contributed by atoms with Crippen molar-refractivity contribution < 1.29 is 0 Å². The fraction of sp³-hybridized carbons (Fsp3) is 0.368. The maximum absolute atomic E-state index is 2.39. The molecule has 0 aromatic heterocycles. The van der Waals surface area contributed by atoms with Gasteiger partial charge in [0, 0.05) is 19.3 Å². The van der Waals surface area contributed by atoms with Crippen LogP contribution in [0.5, 0.6) is 0 Å². The number of aryl methyl sites for hydroxylation is 2. The minimum absolute atomic E-state index is 1.10. The summed E-state index contributed by atoms with van der Waals surface area (Å²) < 4.78 is 0. The van der Waals surface area contributed by atoms with E-state index >= 15 is 0 Å². The van der Waals surface area contributed by atoms with E-state index in [-0.39, 0.29) is 0 Å². The molecule has 1 nitrogen and oxygen atoms in total. The molecule has 0 saturated heterocycles. The van der Waals surface area contributed by atoms with E-state index in [2.05, 4.69) is 73.5 Å². The molecular weight excluding hydrogens is 242 g/mol. The van der Waals surface area contributed by atoms with Gasteiger partial charge in [-0.3, -0.25) is 0 Å². The first kappa shape index (κ1) is 14.6. The van der Waals surface area contributed by atoms with Crippen LogP contribution in [-0.2, 0) is 12.8 Å². The molecule has 0 aliphatic rings. The lowest BCUT2D eigenvalue weighted by atomic mass is 10.1. The second kappa shape index (κ2) is 7.74. The maximum atomic E-state index is 2.39. The Bertz CT molecular complexity index is 504. The van der Waals surface area contributed by atoms with Crippen molar-refractivity contribution >= 4 is 5.69 Å². The second-order valence-corrected chi connectivity index (χ2v) is 5.35. The number of para-hydroxylation sites is 1. The SMILES string of the molecule is CCc1ccccc1N(C)CCCCc1ccccc1. The van der Waals surface area contributed by atoms with Crippen LogP contribution in [-0.4, -0.2) is 13.6 Å². The number of nitrogens with zero attached hydrogens (tertiary/aromatic N) is 1. The van der Waals surface area contributed by atoms with Crippen LogP contribution in [0.3, 0.4) is 0 Å². The quantitative estimate of drug-likeness (QED) is 0.657. The van der Waals surface area contributed by atoms with E-state index < -0.39 is 0 Å². The van der Waals surface area contributed by atoms with Crippen molar-refractivity contribution in [2.75, 3.05) is 18.5 Å². The standard InChI is InChI=1S/C19H25N/c1-3-18-14-7-8-15-19(18)20(2)16-10-9-13-17-11-5-4-6-12-17/h4-8,11-12,14-15H,3,9-10,13,16H2,1-2H3. The van der Waals surface area contributed by atoms with Crippen molar-refractivity contribution in [3.05, 3.63) is 65.7 Å². The molecule has 2 rings (SSSR count). The zero-order valence-electron chi connectivity index (χ0n) is 12.7. The fourth-order valence-corrected chi connectivity index (χ4v) is 2.63. The van der Waals surface area contributed by atoms with E-state index in [4.69, 9.17) is 0 Å². The molecule has 106 valence electrons. The Kier molecular flexibility index (Phi) is 5.67. The van der Waals surface area contributed by atoms with Crippen LogP contribution < -0.4 is 4.90 Å². The van der Waals surface area contributed by atoms with Gasteiger partial charge < -0.3 is 4.90 Å². The van der Waals surface area contributed by atoms with E-state index in [1.165, 1.54) is 36.1 Å². The summed E-state index contributed by atoms with van der Waals surface area (Å²) in [5, 5.41) is 0. The van der Waals surface area contributed by atoms with E-state index in [0.29, 0.717) is 0 Å². The number of rotatable bonds is 7. The summed E-state index contributed by atoms with van der Waals surface area (Å²) in [5.74, 6) is 0. The van der Waals surface area contributed by atoms with Crippen LogP contribution in [0.25, 0.3) is 0 Å². The van der Waals surface area contributed by atoms with Crippen molar-refractivity contribution in [1.82, 2.24) is 0 Å². The molecule has 0 amide bonds. The smallest absolute Gasteiger partial charge is 0.0396 e. The Morgan fingerprint density at radius 3 is 2.30 bits per heavy atom. The highest BCUT2D eigenvalue weighted by atomic mass is 15.1. The number of anilines is 1. The fourth-order valence-electron chi connectivity index (χ4n) is 2.63. The third-order valence-corrected chi connectivity index (χ3v) is 3.84. The molecule has 0 unspecified atom stereocenters. The zero-order chi connectivity index (χ0) is 14.2. The Balaban J connectivity index is 1.79. The van der Waals surface area contributed by atoms with E-state index in [1.807, 2.05) is 0 Å². The third-order valence-electron chi connectivity index (χ3n) is 3.84. The normalized spacial score (nSPS) is 10.5. The van der Waals surface area contributed by atoms with E-state index in [1.54, 1.807) is 0 Å². The summed E-state index contributed by atoms with van der Waals surface area (Å²) in [4.78, 5) is 2.39. The number of benzene rings is 2. The van der Waals surface area contributed by atoms with Gasteiger partial charge in [-0.05, 0) is 42.9 Å².